The van der Waals surface area contributed by atoms with Gasteiger partial charge >= 0.3 is 6.03 Å². The van der Waals surface area contributed by atoms with Gasteiger partial charge < -0.3 is 25.2 Å². The van der Waals surface area contributed by atoms with Crippen molar-refractivity contribution >= 4 is 17.8 Å². The van der Waals surface area contributed by atoms with E-state index in [4.69, 9.17) is 9.47 Å². The number of carbonyl (C=O) groups is 1. The van der Waals surface area contributed by atoms with Crippen LogP contribution in [0.1, 0.15) is 80.1 Å². The number of aliphatic hydroxyl groups is 1. The molecule has 44 heavy (non-hydrogen) atoms. The Morgan fingerprint density at radius 2 is 1.45 bits per heavy atom. The largest absolute Gasteiger partial charge is 0.392 e. The molecule has 5 fully saturated rings. The Balaban J connectivity index is 1.00. The van der Waals surface area contributed by atoms with Gasteiger partial charge in [-0.15, -0.1) is 11.8 Å². The van der Waals surface area contributed by atoms with Crippen molar-refractivity contribution in [2.45, 2.75) is 87.5 Å². The fraction of sp³-hybridized carbons (Fsp3) is 0.486. The van der Waals surface area contributed by atoms with E-state index in [1.807, 2.05) is 18.2 Å². The van der Waals surface area contributed by atoms with Crippen molar-refractivity contribution in [3.8, 4) is 0 Å². The summed E-state index contributed by atoms with van der Waals surface area (Å²) < 4.78 is 13.2. The molecular weight excluding hydrogens is 568 g/mol. The van der Waals surface area contributed by atoms with Gasteiger partial charge in [0.2, 0.25) is 0 Å². The van der Waals surface area contributed by atoms with Crippen molar-refractivity contribution in [3.63, 3.8) is 0 Å². The Morgan fingerprint density at radius 1 is 0.841 bits per heavy atom. The first-order valence-electron chi connectivity index (χ1n) is 16.3. The zero-order chi connectivity index (χ0) is 30.1. The van der Waals surface area contributed by atoms with E-state index >= 15 is 0 Å². The van der Waals surface area contributed by atoms with E-state index in [9.17, 15) is 9.90 Å². The molecule has 0 spiro atoms. The maximum absolute atomic E-state index is 13.0. The van der Waals surface area contributed by atoms with Gasteiger partial charge in [0.15, 0.2) is 6.29 Å². The first kappa shape index (κ1) is 29.8. The summed E-state index contributed by atoms with van der Waals surface area (Å²) in [6, 6.07) is 26.7. The minimum atomic E-state index is -0.503. The van der Waals surface area contributed by atoms with Crippen LogP contribution in [0.15, 0.2) is 83.8 Å². The molecule has 3 aromatic carbocycles. The van der Waals surface area contributed by atoms with Gasteiger partial charge in [-0.05, 0) is 85.1 Å². The van der Waals surface area contributed by atoms with Crippen molar-refractivity contribution in [2.24, 2.45) is 23.7 Å². The van der Waals surface area contributed by atoms with E-state index in [1.165, 1.54) is 24.2 Å². The first-order valence-corrected chi connectivity index (χ1v) is 17.3. The highest BCUT2D eigenvalue weighted by molar-refractivity contribution is 7.99. The van der Waals surface area contributed by atoms with Crippen LogP contribution in [-0.2, 0) is 22.6 Å². The minimum absolute atomic E-state index is 0.0137. The average Bonchev–Trinajstić information content (AvgIpc) is 3.03. The molecular formula is C37H44N2O4S. The second-order valence-electron chi connectivity index (χ2n) is 13.7. The number of hydrogen-bond acceptors (Lipinski definition) is 5. The number of carbonyl (C=O) groups excluding carboxylic acids is 1. The highest BCUT2D eigenvalue weighted by atomic mass is 32.2. The number of hydrogen-bond donors (Lipinski definition) is 3. The number of amides is 2. The summed E-state index contributed by atoms with van der Waals surface area (Å²) in [5.74, 6) is 3.36. The maximum atomic E-state index is 13.0. The molecule has 3 N–H and O–H groups in total. The molecule has 4 aliphatic carbocycles. The molecule has 4 unspecified atom stereocenters. The van der Waals surface area contributed by atoms with Crippen LogP contribution in [0.3, 0.4) is 0 Å². The molecule has 5 aliphatic rings. The van der Waals surface area contributed by atoms with Crippen molar-refractivity contribution in [2.75, 3.05) is 5.75 Å². The normalized spacial score (nSPS) is 32.4. The van der Waals surface area contributed by atoms with Gasteiger partial charge in [0, 0.05) is 34.2 Å². The number of ether oxygens (including phenoxy) is 2. The van der Waals surface area contributed by atoms with E-state index in [2.05, 4.69) is 78.2 Å². The molecule has 4 atom stereocenters. The molecule has 232 valence electrons. The number of benzene rings is 3. The van der Waals surface area contributed by atoms with Crippen molar-refractivity contribution in [1.82, 2.24) is 10.6 Å². The third-order valence-electron chi connectivity index (χ3n) is 10.4. The fourth-order valence-electron chi connectivity index (χ4n) is 8.53. The SMILES string of the molecule is CC1C(CSc2ccccc2)OC(c2ccc(CNC(=O)NC34CC5CC(CC(C5)C3)C4)cc2)OC1c1ccc(CO)cc1. The van der Waals surface area contributed by atoms with Crippen molar-refractivity contribution in [3.05, 3.63) is 101 Å². The Labute approximate surface area is 265 Å². The topological polar surface area (TPSA) is 79.8 Å². The average molecular weight is 613 g/mol. The number of rotatable bonds is 9. The first-order chi connectivity index (χ1) is 21.4. The third kappa shape index (κ3) is 6.57. The standard InChI is InChI=1S/C37H44N2O4S/c1-24-33(23-44-32-5-3-2-4-6-32)42-35(43-34(24)30-11-9-26(22-40)10-12-30)31-13-7-25(8-14-31)21-38-36(41)39-37-18-27-15-28(19-37)17-29(16-27)20-37/h2-14,24,27-29,33-35,40H,15-23H2,1H3,(H2,38,39,41). The van der Waals surface area contributed by atoms with Gasteiger partial charge in [-0.25, -0.2) is 4.79 Å². The van der Waals surface area contributed by atoms with E-state index in [0.717, 1.165) is 65.0 Å². The number of aliphatic hydroxyl groups excluding tert-OH is 1. The zero-order valence-corrected chi connectivity index (χ0v) is 26.3. The van der Waals surface area contributed by atoms with Gasteiger partial charge in [-0.1, -0.05) is 73.7 Å². The highest BCUT2D eigenvalue weighted by Crippen LogP contribution is 2.55. The van der Waals surface area contributed by atoms with Crippen molar-refractivity contribution in [1.29, 1.82) is 0 Å². The Hall–Kier alpha value is -2.84. The minimum Gasteiger partial charge on any atom is -0.392 e. The van der Waals surface area contributed by atoms with E-state index in [0.29, 0.717) is 6.54 Å². The lowest BCUT2D eigenvalue weighted by Crippen LogP contribution is -2.61. The predicted molar refractivity (Wildman–Crippen MR) is 173 cm³/mol. The molecule has 4 bridgehead atoms. The van der Waals surface area contributed by atoms with Crippen molar-refractivity contribution < 1.29 is 19.4 Å². The van der Waals surface area contributed by atoms with Crippen LogP contribution in [0.2, 0.25) is 0 Å². The predicted octanol–water partition coefficient (Wildman–Crippen LogP) is 7.53. The molecule has 1 saturated heterocycles. The summed E-state index contributed by atoms with van der Waals surface area (Å²) in [4.78, 5) is 14.2. The number of thioether (sulfide) groups is 1. The molecule has 0 aromatic heterocycles. The van der Waals surface area contributed by atoms with Gasteiger partial charge in [0.25, 0.3) is 0 Å². The molecule has 1 heterocycles. The lowest BCUT2D eigenvalue weighted by molar-refractivity contribution is -0.268. The Morgan fingerprint density at radius 3 is 2.09 bits per heavy atom. The lowest BCUT2D eigenvalue weighted by Gasteiger charge is -2.56. The van der Waals surface area contributed by atoms with Crippen LogP contribution in [-0.4, -0.2) is 28.5 Å². The van der Waals surface area contributed by atoms with E-state index < -0.39 is 6.29 Å². The summed E-state index contributed by atoms with van der Waals surface area (Å²) in [6.45, 7) is 2.70. The summed E-state index contributed by atoms with van der Waals surface area (Å²) in [5.41, 5.74) is 4.00. The van der Waals surface area contributed by atoms with Gasteiger partial charge in [0.1, 0.15) is 0 Å². The summed E-state index contributed by atoms with van der Waals surface area (Å²) in [6.07, 6.45) is 6.89. The zero-order valence-electron chi connectivity index (χ0n) is 25.5. The van der Waals surface area contributed by atoms with Crippen LogP contribution in [0.25, 0.3) is 0 Å². The van der Waals surface area contributed by atoms with Crippen LogP contribution in [0, 0.1) is 23.7 Å². The molecule has 2 amide bonds. The molecule has 4 saturated carbocycles. The fourth-order valence-corrected chi connectivity index (χ4v) is 9.62. The summed E-state index contributed by atoms with van der Waals surface area (Å²) >= 11 is 1.80. The third-order valence-corrected chi connectivity index (χ3v) is 11.5. The van der Waals surface area contributed by atoms with Gasteiger partial charge in [0.05, 0.1) is 18.8 Å². The van der Waals surface area contributed by atoms with E-state index in [-0.39, 0.29) is 36.3 Å². The molecule has 1 aliphatic heterocycles. The molecule has 6 nitrogen and oxygen atoms in total. The summed E-state index contributed by atoms with van der Waals surface area (Å²) in [5, 5.41) is 16.1. The van der Waals surface area contributed by atoms with Crippen LogP contribution < -0.4 is 10.6 Å². The highest BCUT2D eigenvalue weighted by Gasteiger charge is 2.51. The van der Waals surface area contributed by atoms with Crippen LogP contribution in [0.4, 0.5) is 4.79 Å². The maximum Gasteiger partial charge on any atom is 0.315 e. The van der Waals surface area contributed by atoms with Crippen LogP contribution in [0.5, 0.6) is 0 Å². The van der Waals surface area contributed by atoms with Gasteiger partial charge in [-0.3, -0.25) is 0 Å². The molecule has 8 rings (SSSR count). The second kappa shape index (κ2) is 12.9. The Bertz CT molecular complexity index is 1380. The monoisotopic (exact) mass is 612 g/mol. The molecule has 0 radical (unpaired) electrons. The summed E-state index contributed by atoms with van der Waals surface area (Å²) in [7, 11) is 0. The molecule has 3 aromatic rings. The number of nitrogens with one attached hydrogen (secondary N) is 2. The molecule has 7 heteroatoms. The van der Waals surface area contributed by atoms with Gasteiger partial charge in [-0.2, -0.15) is 0 Å². The second-order valence-corrected chi connectivity index (χ2v) is 14.8. The van der Waals surface area contributed by atoms with E-state index in [1.54, 1.807) is 11.8 Å². The Kier molecular flexibility index (Phi) is 8.73. The number of urea groups is 1. The van der Waals surface area contributed by atoms with Crippen LogP contribution >= 0.6 is 11.8 Å². The lowest BCUT2D eigenvalue weighted by atomic mass is 9.53. The quantitative estimate of drug-likeness (QED) is 0.218. The smallest absolute Gasteiger partial charge is 0.315 e.